The molecule has 0 saturated carbocycles. The number of halogens is 2. The van der Waals surface area contributed by atoms with Crippen molar-refractivity contribution < 1.29 is 17.2 Å². The number of hydrogen-bond donors (Lipinski definition) is 2. The number of hydrogen-bond acceptors (Lipinski definition) is 3. The molecule has 0 amide bonds. The Labute approximate surface area is 108 Å². The lowest BCUT2D eigenvalue weighted by atomic mass is 10.3. The molecule has 2 rings (SSSR count). The highest BCUT2D eigenvalue weighted by Gasteiger charge is 2.15. The average molecular weight is 284 g/mol. The van der Waals surface area contributed by atoms with E-state index in [4.69, 9.17) is 5.73 Å². The highest BCUT2D eigenvalue weighted by Crippen LogP contribution is 2.19. The standard InChI is InChI=1S/C12H10F2N2O2S/c13-11-5-4-9(7-12(11)14)16-19(17,18)10-3-1-2-8(15)6-10/h1-7,16H,15H2. The number of sulfonamides is 1. The van der Waals surface area contributed by atoms with Gasteiger partial charge >= 0.3 is 0 Å². The van der Waals surface area contributed by atoms with Gasteiger partial charge in [0, 0.05) is 11.8 Å². The molecule has 3 N–H and O–H groups in total. The molecule has 0 aromatic heterocycles. The van der Waals surface area contributed by atoms with Crippen LogP contribution in [0.2, 0.25) is 0 Å². The van der Waals surface area contributed by atoms with Crippen molar-refractivity contribution in [2.45, 2.75) is 4.90 Å². The Bertz CT molecular complexity index is 717. The fourth-order valence-corrected chi connectivity index (χ4v) is 2.56. The van der Waals surface area contributed by atoms with Crippen LogP contribution in [0, 0.1) is 11.6 Å². The van der Waals surface area contributed by atoms with Crippen LogP contribution in [-0.4, -0.2) is 8.42 Å². The number of anilines is 2. The molecule has 0 heterocycles. The minimum atomic E-state index is -3.88. The zero-order valence-electron chi connectivity index (χ0n) is 9.60. The third kappa shape index (κ3) is 3.00. The van der Waals surface area contributed by atoms with Gasteiger partial charge in [0.2, 0.25) is 0 Å². The van der Waals surface area contributed by atoms with Gasteiger partial charge in [-0.3, -0.25) is 4.72 Å². The molecule has 0 radical (unpaired) electrons. The molecule has 100 valence electrons. The lowest BCUT2D eigenvalue weighted by molar-refractivity contribution is 0.509. The van der Waals surface area contributed by atoms with Crippen LogP contribution in [0.15, 0.2) is 47.4 Å². The van der Waals surface area contributed by atoms with Gasteiger partial charge in [-0.25, -0.2) is 17.2 Å². The first-order valence-corrected chi connectivity index (χ1v) is 6.70. The molecule has 0 saturated heterocycles. The van der Waals surface area contributed by atoms with Crippen LogP contribution in [0.4, 0.5) is 20.2 Å². The zero-order chi connectivity index (χ0) is 14.0. The predicted octanol–water partition coefficient (Wildman–Crippen LogP) is 2.35. The Balaban J connectivity index is 2.33. The van der Waals surface area contributed by atoms with Crippen molar-refractivity contribution >= 4 is 21.4 Å². The lowest BCUT2D eigenvalue weighted by Gasteiger charge is -2.08. The fourth-order valence-electron chi connectivity index (χ4n) is 1.46. The van der Waals surface area contributed by atoms with Crippen LogP contribution < -0.4 is 10.5 Å². The summed E-state index contributed by atoms with van der Waals surface area (Å²) in [5.41, 5.74) is 5.71. The largest absolute Gasteiger partial charge is 0.399 e. The highest BCUT2D eigenvalue weighted by molar-refractivity contribution is 7.92. The normalized spacial score (nSPS) is 11.3. The maximum Gasteiger partial charge on any atom is 0.261 e. The van der Waals surface area contributed by atoms with Gasteiger partial charge in [-0.15, -0.1) is 0 Å². The van der Waals surface area contributed by atoms with Crippen LogP contribution in [0.3, 0.4) is 0 Å². The molecule has 0 atom stereocenters. The van der Waals surface area contributed by atoms with E-state index in [0.29, 0.717) is 0 Å². The first-order chi connectivity index (χ1) is 8.88. The van der Waals surface area contributed by atoms with Crippen molar-refractivity contribution in [1.82, 2.24) is 0 Å². The van der Waals surface area contributed by atoms with E-state index in [1.54, 1.807) is 0 Å². The zero-order valence-corrected chi connectivity index (χ0v) is 10.4. The summed E-state index contributed by atoms with van der Waals surface area (Å²) < 4.78 is 51.8. The SMILES string of the molecule is Nc1cccc(S(=O)(=O)Nc2ccc(F)c(F)c2)c1. The molecular weight excluding hydrogens is 274 g/mol. The van der Waals surface area contributed by atoms with Crippen molar-refractivity contribution in [3.05, 3.63) is 54.1 Å². The molecule has 0 unspecified atom stereocenters. The molecule has 19 heavy (non-hydrogen) atoms. The summed E-state index contributed by atoms with van der Waals surface area (Å²) in [5, 5.41) is 0. The van der Waals surface area contributed by atoms with Crippen LogP contribution in [-0.2, 0) is 10.0 Å². The Kier molecular flexibility index (Phi) is 3.39. The third-order valence-corrected chi connectivity index (χ3v) is 3.72. The molecule has 0 aliphatic carbocycles. The smallest absolute Gasteiger partial charge is 0.261 e. The minimum absolute atomic E-state index is 0.0581. The summed E-state index contributed by atoms with van der Waals surface area (Å²) in [5.74, 6) is -2.18. The molecule has 0 spiro atoms. The molecule has 2 aromatic carbocycles. The van der Waals surface area contributed by atoms with Crippen molar-refractivity contribution in [2.75, 3.05) is 10.5 Å². The van der Waals surface area contributed by atoms with Crippen LogP contribution in [0.1, 0.15) is 0 Å². The van der Waals surface area contributed by atoms with E-state index in [9.17, 15) is 17.2 Å². The van der Waals surface area contributed by atoms with Gasteiger partial charge in [0.15, 0.2) is 11.6 Å². The van der Waals surface area contributed by atoms with Gasteiger partial charge < -0.3 is 5.73 Å². The summed E-state index contributed by atoms with van der Waals surface area (Å²) in [4.78, 5) is -0.0581. The van der Waals surface area contributed by atoms with Crippen molar-refractivity contribution in [2.24, 2.45) is 0 Å². The molecule has 0 fully saturated rings. The van der Waals surface area contributed by atoms with Crippen LogP contribution in [0.25, 0.3) is 0 Å². The number of rotatable bonds is 3. The number of benzene rings is 2. The highest BCUT2D eigenvalue weighted by atomic mass is 32.2. The first kappa shape index (κ1) is 13.3. The first-order valence-electron chi connectivity index (χ1n) is 5.22. The number of nitrogens with one attached hydrogen (secondary N) is 1. The Hall–Kier alpha value is -2.15. The van der Waals surface area contributed by atoms with Crippen molar-refractivity contribution in [3.63, 3.8) is 0 Å². The molecule has 7 heteroatoms. The fraction of sp³-hybridized carbons (Fsp3) is 0. The van der Waals surface area contributed by atoms with E-state index in [1.165, 1.54) is 24.3 Å². The predicted molar refractivity (Wildman–Crippen MR) is 68.0 cm³/mol. The van der Waals surface area contributed by atoms with Crippen molar-refractivity contribution in [1.29, 1.82) is 0 Å². The van der Waals surface area contributed by atoms with Gasteiger partial charge in [-0.2, -0.15) is 0 Å². The quantitative estimate of drug-likeness (QED) is 0.850. The summed E-state index contributed by atoms with van der Waals surface area (Å²) in [6.07, 6.45) is 0. The van der Waals surface area contributed by atoms with Gasteiger partial charge in [-0.1, -0.05) is 6.07 Å². The van der Waals surface area contributed by atoms with Crippen LogP contribution in [0.5, 0.6) is 0 Å². The number of nitrogens with two attached hydrogens (primary N) is 1. The van der Waals surface area contributed by atoms with E-state index in [-0.39, 0.29) is 16.3 Å². The molecule has 0 aliphatic rings. The summed E-state index contributed by atoms with van der Waals surface area (Å²) >= 11 is 0. The summed E-state index contributed by atoms with van der Waals surface area (Å²) in [6.45, 7) is 0. The second-order valence-corrected chi connectivity index (χ2v) is 5.49. The second-order valence-electron chi connectivity index (χ2n) is 3.81. The minimum Gasteiger partial charge on any atom is -0.399 e. The number of nitrogen functional groups attached to an aromatic ring is 1. The topological polar surface area (TPSA) is 72.2 Å². The molecular formula is C12H10F2N2O2S. The molecule has 0 bridgehead atoms. The van der Waals surface area contributed by atoms with Gasteiger partial charge in [0.25, 0.3) is 10.0 Å². The maximum atomic E-state index is 13.0. The van der Waals surface area contributed by atoms with E-state index in [0.717, 1.165) is 18.2 Å². The molecule has 4 nitrogen and oxygen atoms in total. The van der Waals surface area contributed by atoms with E-state index < -0.39 is 21.7 Å². The second kappa shape index (κ2) is 4.85. The van der Waals surface area contributed by atoms with Crippen molar-refractivity contribution in [3.8, 4) is 0 Å². The Morgan fingerprint density at radius 2 is 1.74 bits per heavy atom. The van der Waals surface area contributed by atoms with Gasteiger partial charge in [0.05, 0.1) is 10.6 Å². The average Bonchev–Trinajstić information content (AvgIpc) is 2.33. The summed E-state index contributed by atoms with van der Waals surface area (Å²) in [7, 11) is -3.88. The van der Waals surface area contributed by atoms with Gasteiger partial charge in [-0.05, 0) is 30.3 Å². The van der Waals surface area contributed by atoms with E-state index >= 15 is 0 Å². The molecule has 2 aromatic rings. The summed E-state index contributed by atoms with van der Waals surface area (Å²) in [6, 6.07) is 8.36. The monoisotopic (exact) mass is 284 g/mol. The maximum absolute atomic E-state index is 13.0. The Morgan fingerprint density at radius 1 is 1.00 bits per heavy atom. The third-order valence-electron chi connectivity index (χ3n) is 2.34. The van der Waals surface area contributed by atoms with Gasteiger partial charge in [0.1, 0.15) is 0 Å². The Morgan fingerprint density at radius 3 is 2.37 bits per heavy atom. The van der Waals surface area contributed by atoms with E-state index in [2.05, 4.69) is 4.72 Å². The van der Waals surface area contributed by atoms with E-state index in [1.807, 2.05) is 0 Å². The molecule has 0 aliphatic heterocycles. The lowest BCUT2D eigenvalue weighted by Crippen LogP contribution is -2.13. The van der Waals surface area contributed by atoms with Crippen LogP contribution >= 0.6 is 0 Å².